The number of amides is 2. The largest absolute Gasteiger partial charge is 0.497 e. The highest BCUT2D eigenvalue weighted by molar-refractivity contribution is 5.89. The average molecular weight is 331 g/mol. The van der Waals surface area contributed by atoms with Crippen LogP contribution < -0.4 is 15.4 Å². The summed E-state index contributed by atoms with van der Waals surface area (Å²) < 4.78 is 11.2. The van der Waals surface area contributed by atoms with Gasteiger partial charge in [-0.2, -0.15) is 0 Å². The smallest absolute Gasteiger partial charge is 0.319 e. The van der Waals surface area contributed by atoms with Crippen molar-refractivity contribution in [3.8, 4) is 5.75 Å². The number of hydrogen-bond acceptors (Lipinski definition) is 4. The van der Waals surface area contributed by atoms with Gasteiger partial charge >= 0.3 is 6.03 Å². The van der Waals surface area contributed by atoms with E-state index >= 15 is 0 Å². The van der Waals surface area contributed by atoms with Crippen LogP contribution in [0.2, 0.25) is 0 Å². The first-order valence-electron chi connectivity index (χ1n) is 8.78. The maximum Gasteiger partial charge on any atom is 0.319 e. The molecule has 0 aromatic heterocycles. The molecule has 24 heavy (non-hydrogen) atoms. The summed E-state index contributed by atoms with van der Waals surface area (Å²) in [5.41, 5.74) is 0.736. The quantitative estimate of drug-likeness (QED) is 0.887. The summed E-state index contributed by atoms with van der Waals surface area (Å²) in [6, 6.07) is 7.85. The Morgan fingerprint density at radius 3 is 3.00 bits per heavy atom. The molecule has 6 heteroatoms. The maximum atomic E-state index is 12.2. The molecule has 1 saturated carbocycles. The number of fused-ring (bicyclic) bond motifs is 1. The standard InChI is InChI=1S/C18H25N3O3/c1-23-16-4-2-3-13(8-16)19-18(22)20-14-7-15-11-24-17(12-5-6-12)10-21(15)9-14/h2-4,8,12,14-15,17H,5-7,9-11H2,1H3,(H2,19,20,22)/t14-,15-,17+/m0/s1. The first kappa shape index (κ1) is 15.7. The minimum Gasteiger partial charge on any atom is -0.497 e. The van der Waals surface area contributed by atoms with E-state index in [0.29, 0.717) is 12.1 Å². The summed E-state index contributed by atoms with van der Waals surface area (Å²) >= 11 is 0. The van der Waals surface area contributed by atoms with Gasteiger partial charge in [0.1, 0.15) is 5.75 Å². The Morgan fingerprint density at radius 1 is 1.33 bits per heavy atom. The maximum absolute atomic E-state index is 12.2. The van der Waals surface area contributed by atoms with Crippen molar-refractivity contribution in [3.05, 3.63) is 24.3 Å². The van der Waals surface area contributed by atoms with Crippen LogP contribution in [0.25, 0.3) is 0 Å². The SMILES string of the molecule is COc1cccc(NC(=O)N[C@H]2C[C@H]3CO[C@@H](C4CC4)CN3C2)c1. The van der Waals surface area contributed by atoms with Crippen molar-refractivity contribution in [1.29, 1.82) is 0 Å². The monoisotopic (exact) mass is 331 g/mol. The summed E-state index contributed by atoms with van der Waals surface area (Å²) in [6.07, 6.45) is 4.00. The van der Waals surface area contributed by atoms with Gasteiger partial charge in [-0.15, -0.1) is 0 Å². The number of hydrogen-bond donors (Lipinski definition) is 2. The second kappa shape index (κ2) is 6.61. The molecule has 0 unspecified atom stereocenters. The highest BCUT2D eigenvalue weighted by Crippen LogP contribution is 2.37. The van der Waals surface area contributed by atoms with Crippen LogP contribution in [-0.4, -0.2) is 55.9 Å². The van der Waals surface area contributed by atoms with Gasteiger partial charge in [-0.1, -0.05) is 6.07 Å². The number of benzene rings is 1. The van der Waals surface area contributed by atoms with E-state index < -0.39 is 0 Å². The molecule has 2 heterocycles. The minimum absolute atomic E-state index is 0.159. The second-order valence-electron chi connectivity index (χ2n) is 7.08. The number of anilines is 1. The Balaban J connectivity index is 1.28. The van der Waals surface area contributed by atoms with E-state index in [1.54, 1.807) is 7.11 Å². The van der Waals surface area contributed by atoms with Crippen molar-refractivity contribution < 1.29 is 14.3 Å². The van der Waals surface area contributed by atoms with Crippen LogP contribution in [0.15, 0.2) is 24.3 Å². The van der Waals surface area contributed by atoms with E-state index in [0.717, 1.165) is 43.5 Å². The minimum atomic E-state index is -0.159. The molecule has 3 atom stereocenters. The van der Waals surface area contributed by atoms with E-state index in [1.165, 1.54) is 12.8 Å². The number of nitrogens with one attached hydrogen (secondary N) is 2. The zero-order chi connectivity index (χ0) is 16.5. The van der Waals surface area contributed by atoms with Crippen LogP contribution in [0.5, 0.6) is 5.75 Å². The van der Waals surface area contributed by atoms with Gasteiger partial charge < -0.3 is 20.1 Å². The molecule has 0 radical (unpaired) electrons. The summed E-state index contributed by atoms with van der Waals surface area (Å²) in [5, 5.41) is 5.97. The fraction of sp³-hybridized carbons (Fsp3) is 0.611. The molecule has 2 saturated heterocycles. The van der Waals surface area contributed by atoms with Crippen molar-refractivity contribution in [3.63, 3.8) is 0 Å². The molecule has 3 fully saturated rings. The van der Waals surface area contributed by atoms with Gasteiger partial charge in [0.15, 0.2) is 0 Å². The van der Waals surface area contributed by atoms with E-state index in [-0.39, 0.29) is 12.1 Å². The van der Waals surface area contributed by atoms with Crippen molar-refractivity contribution >= 4 is 11.7 Å². The number of carbonyl (C=O) groups is 1. The van der Waals surface area contributed by atoms with E-state index in [1.807, 2.05) is 24.3 Å². The number of ether oxygens (including phenoxy) is 2. The van der Waals surface area contributed by atoms with Crippen molar-refractivity contribution in [2.45, 2.75) is 37.5 Å². The van der Waals surface area contributed by atoms with Gasteiger partial charge in [-0.3, -0.25) is 4.90 Å². The third kappa shape index (κ3) is 3.49. The lowest BCUT2D eigenvalue weighted by Gasteiger charge is -2.35. The number of urea groups is 1. The Hall–Kier alpha value is -1.79. The highest BCUT2D eigenvalue weighted by atomic mass is 16.5. The lowest BCUT2D eigenvalue weighted by Crippen LogP contribution is -2.47. The number of morpholine rings is 1. The molecule has 1 aliphatic carbocycles. The molecule has 3 aliphatic rings. The number of nitrogens with zero attached hydrogens (tertiary/aromatic N) is 1. The summed E-state index contributed by atoms with van der Waals surface area (Å²) in [5.74, 6) is 1.50. The third-order valence-electron chi connectivity index (χ3n) is 5.26. The van der Waals surface area contributed by atoms with Gasteiger partial charge in [-0.25, -0.2) is 4.79 Å². The molecule has 2 N–H and O–H groups in total. The number of rotatable bonds is 4. The Labute approximate surface area is 142 Å². The molecule has 4 rings (SSSR count). The zero-order valence-corrected chi connectivity index (χ0v) is 14.0. The molecule has 130 valence electrons. The first-order chi connectivity index (χ1) is 11.7. The molecule has 0 spiro atoms. The molecule has 1 aromatic rings. The second-order valence-corrected chi connectivity index (χ2v) is 7.08. The molecule has 2 aliphatic heterocycles. The topological polar surface area (TPSA) is 62.8 Å². The van der Waals surface area contributed by atoms with Crippen LogP contribution in [0, 0.1) is 5.92 Å². The average Bonchev–Trinajstić information content (AvgIpc) is 3.35. The van der Waals surface area contributed by atoms with Crippen LogP contribution >= 0.6 is 0 Å². The normalized spacial score (nSPS) is 29.8. The predicted octanol–water partition coefficient (Wildman–Crippen LogP) is 2.07. The molecular weight excluding hydrogens is 306 g/mol. The van der Waals surface area contributed by atoms with Gasteiger partial charge in [0.05, 0.1) is 19.8 Å². The fourth-order valence-corrected chi connectivity index (χ4v) is 3.81. The van der Waals surface area contributed by atoms with E-state index in [2.05, 4.69) is 15.5 Å². The lowest BCUT2D eigenvalue weighted by atomic mass is 10.1. The van der Waals surface area contributed by atoms with Gasteiger partial charge in [0.2, 0.25) is 0 Å². The molecule has 2 amide bonds. The fourth-order valence-electron chi connectivity index (χ4n) is 3.81. The van der Waals surface area contributed by atoms with Crippen molar-refractivity contribution in [1.82, 2.24) is 10.2 Å². The number of carbonyl (C=O) groups excluding carboxylic acids is 1. The molecule has 0 bridgehead atoms. The Morgan fingerprint density at radius 2 is 2.21 bits per heavy atom. The van der Waals surface area contributed by atoms with Crippen molar-refractivity contribution in [2.75, 3.05) is 32.1 Å². The van der Waals surface area contributed by atoms with Crippen molar-refractivity contribution in [2.24, 2.45) is 5.92 Å². The van der Waals surface area contributed by atoms with Gasteiger partial charge in [0, 0.05) is 36.9 Å². The predicted molar refractivity (Wildman–Crippen MR) is 91.4 cm³/mol. The Bertz CT molecular complexity index is 605. The Kier molecular flexibility index (Phi) is 4.33. The van der Waals surface area contributed by atoms with Crippen LogP contribution in [0.1, 0.15) is 19.3 Å². The summed E-state index contributed by atoms with van der Waals surface area (Å²) in [4.78, 5) is 14.7. The van der Waals surface area contributed by atoms with E-state index in [9.17, 15) is 4.79 Å². The molecule has 6 nitrogen and oxygen atoms in total. The van der Waals surface area contributed by atoms with Gasteiger partial charge in [-0.05, 0) is 37.3 Å². The summed E-state index contributed by atoms with van der Waals surface area (Å²) in [7, 11) is 1.62. The van der Waals surface area contributed by atoms with Crippen LogP contribution in [0.3, 0.4) is 0 Å². The van der Waals surface area contributed by atoms with Crippen LogP contribution in [0.4, 0.5) is 10.5 Å². The molecular formula is C18H25N3O3. The molecule has 1 aromatic carbocycles. The van der Waals surface area contributed by atoms with E-state index in [4.69, 9.17) is 9.47 Å². The highest BCUT2D eigenvalue weighted by Gasteiger charge is 2.42. The lowest BCUT2D eigenvalue weighted by molar-refractivity contribution is -0.0581. The first-order valence-corrected chi connectivity index (χ1v) is 8.78. The zero-order valence-electron chi connectivity index (χ0n) is 14.0. The van der Waals surface area contributed by atoms with Gasteiger partial charge in [0.25, 0.3) is 0 Å². The van der Waals surface area contributed by atoms with Crippen LogP contribution in [-0.2, 0) is 4.74 Å². The number of methoxy groups -OCH3 is 1. The summed E-state index contributed by atoms with van der Waals surface area (Å²) in [6.45, 7) is 2.74. The third-order valence-corrected chi connectivity index (χ3v) is 5.26.